The molecule has 2 saturated heterocycles. The summed E-state index contributed by atoms with van der Waals surface area (Å²) < 4.78 is 40.6. The monoisotopic (exact) mass is 638 g/mol. The standard InChI is InChI=1S/C15H22BIN2O11P2S/c1-7-5-19(15(21)18-14(7)20)13-3-9(10(4-17)28-13)29-31(22,23)26-6-11-8(2-12(16)27-11)30-32(24,25)33/h5,8-13H,2-4,6H2,1H3,(H,22,23)(H,18,20,21)(H2,24,25,33). The summed E-state index contributed by atoms with van der Waals surface area (Å²) in [6.07, 6.45) is -2.84. The maximum Gasteiger partial charge on any atom is 0.472 e. The third-order valence-corrected chi connectivity index (χ3v) is 7.65. The van der Waals surface area contributed by atoms with E-state index in [4.69, 9.17) is 30.9 Å². The van der Waals surface area contributed by atoms with Gasteiger partial charge >= 0.3 is 20.2 Å². The number of aromatic amines is 1. The fourth-order valence-corrected chi connectivity index (χ4v) is 6.11. The van der Waals surface area contributed by atoms with Crippen LogP contribution in [0.4, 0.5) is 0 Å². The van der Waals surface area contributed by atoms with Gasteiger partial charge in [0.15, 0.2) is 0 Å². The largest absolute Gasteiger partial charge is 0.472 e. The van der Waals surface area contributed by atoms with Crippen LogP contribution >= 0.6 is 37.1 Å². The Morgan fingerprint density at radius 1 is 1.24 bits per heavy atom. The van der Waals surface area contributed by atoms with Crippen molar-refractivity contribution in [2.45, 2.75) is 56.4 Å². The molecule has 18 heteroatoms. The minimum atomic E-state index is -4.64. The highest BCUT2D eigenvalue weighted by molar-refractivity contribution is 14.1. The fourth-order valence-electron chi connectivity index (χ4n) is 3.47. The van der Waals surface area contributed by atoms with E-state index in [1.807, 2.05) is 22.6 Å². The first-order chi connectivity index (χ1) is 15.3. The number of phosphoric acid groups is 1. The average molecular weight is 638 g/mol. The zero-order chi connectivity index (χ0) is 24.6. The quantitative estimate of drug-likeness (QED) is 0.123. The Hall–Kier alpha value is 0.0349. The van der Waals surface area contributed by atoms with Gasteiger partial charge in [0.1, 0.15) is 26.3 Å². The van der Waals surface area contributed by atoms with Crippen LogP contribution < -0.4 is 11.2 Å². The van der Waals surface area contributed by atoms with Crippen molar-refractivity contribution in [3.63, 3.8) is 0 Å². The highest BCUT2D eigenvalue weighted by Gasteiger charge is 2.43. The van der Waals surface area contributed by atoms with E-state index >= 15 is 0 Å². The molecule has 13 nitrogen and oxygen atoms in total. The van der Waals surface area contributed by atoms with Crippen LogP contribution in [0.1, 0.15) is 24.6 Å². The predicted molar refractivity (Wildman–Crippen MR) is 127 cm³/mol. The van der Waals surface area contributed by atoms with Crippen molar-refractivity contribution in [2.24, 2.45) is 0 Å². The molecule has 0 spiro atoms. The Morgan fingerprint density at radius 3 is 2.55 bits per heavy atom. The number of H-pyrrole nitrogens is 1. The summed E-state index contributed by atoms with van der Waals surface area (Å²) in [6, 6.07) is -0.810. The first-order valence-electron chi connectivity index (χ1n) is 9.62. The molecule has 0 aromatic carbocycles. The number of rotatable bonds is 9. The molecule has 2 aliphatic heterocycles. The molecular weight excluding hydrogens is 616 g/mol. The summed E-state index contributed by atoms with van der Waals surface area (Å²) in [6.45, 7) is -2.98. The molecule has 0 aliphatic carbocycles. The number of nitrogens with zero attached hydrogens (tertiary/aromatic N) is 1. The van der Waals surface area contributed by atoms with Crippen molar-refractivity contribution < 1.29 is 42.3 Å². The van der Waals surface area contributed by atoms with Gasteiger partial charge in [-0.15, -0.1) is 0 Å². The fraction of sp³-hybridized carbons (Fsp3) is 0.733. The SMILES string of the molecule is [B]C1CC(OP(O)(O)=S)C(COP(=O)(O)OC2CC(n3cc(C)c(=O)[nH]c3=O)OC2CI)O1. The second-order valence-corrected chi connectivity index (χ2v) is 12.4. The molecule has 7 unspecified atom stereocenters. The summed E-state index contributed by atoms with van der Waals surface area (Å²) in [5.74, 6) is 0. The van der Waals surface area contributed by atoms with E-state index in [9.17, 15) is 28.8 Å². The second kappa shape index (κ2) is 11.0. The van der Waals surface area contributed by atoms with Gasteiger partial charge in [-0.3, -0.25) is 23.4 Å². The third kappa shape index (κ3) is 7.51. The summed E-state index contributed by atoms with van der Waals surface area (Å²) >= 11 is 6.45. The number of alkyl halides is 1. The molecule has 0 saturated carbocycles. The van der Waals surface area contributed by atoms with Gasteiger partial charge in [-0.25, -0.2) is 9.36 Å². The summed E-state index contributed by atoms with van der Waals surface area (Å²) in [7, 11) is 1.04. The molecule has 184 valence electrons. The number of nitrogens with one attached hydrogen (secondary N) is 1. The average Bonchev–Trinajstić information content (AvgIpc) is 3.23. The molecule has 4 N–H and O–H groups in total. The van der Waals surface area contributed by atoms with Crippen molar-refractivity contribution in [1.29, 1.82) is 0 Å². The van der Waals surface area contributed by atoms with Crippen LogP contribution in [0.15, 0.2) is 15.8 Å². The van der Waals surface area contributed by atoms with E-state index in [-0.39, 0.29) is 12.8 Å². The first kappa shape index (κ1) is 27.6. The first-order valence-corrected chi connectivity index (χ1v) is 15.3. The number of aryl methyl sites for hydroxylation is 1. The van der Waals surface area contributed by atoms with Gasteiger partial charge in [-0.1, -0.05) is 22.6 Å². The van der Waals surface area contributed by atoms with Crippen LogP contribution in [0, 0.1) is 6.92 Å². The highest BCUT2D eigenvalue weighted by atomic mass is 127. The number of aromatic nitrogens is 2. The molecule has 2 fully saturated rings. The van der Waals surface area contributed by atoms with E-state index in [0.29, 0.717) is 9.99 Å². The van der Waals surface area contributed by atoms with E-state index < -0.39 is 69.0 Å². The summed E-state index contributed by atoms with van der Waals surface area (Å²) in [5.41, 5.74) is -0.900. The normalized spacial score (nSPS) is 32.2. The number of phosphoric ester groups is 1. The molecular formula is C15H22BIN2O11P2S. The summed E-state index contributed by atoms with van der Waals surface area (Å²) in [5, 5.41) is 0. The third-order valence-electron chi connectivity index (χ3n) is 4.96. The van der Waals surface area contributed by atoms with Crippen LogP contribution in [-0.2, 0) is 39.4 Å². The molecule has 2 radical (unpaired) electrons. The maximum absolute atomic E-state index is 12.6. The van der Waals surface area contributed by atoms with Crippen LogP contribution in [0.25, 0.3) is 0 Å². The van der Waals surface area contributed by atoms with Crippen molar-refractivity contribution >= 4 is 56.8 Å². The van der Waals surface area contributed by atoms with Gasteiger partial charge in [0.25, 0.3) is 5.56 Å². The Balaban J connectivity index is 1.64. The lowest BCUT2D eigenvalue weighted by atomic mass is 9.96. The number of ether oxygens (including phenoxy) is 2. The zero-order valence-corrected chi connectivity index (χ0v) is 21.9. The highest BCUT2D eigenvalue weighted by Crippen LogP contribution is 2.49. The van der Waals surface area contributed by atoms with Crippen LogP contribution in [0.5, 0.6) is 0 Å². The summed E-state index contributed by atoms with van der Waals surface area (Å²) in [4.78, 5) is 54.9. The molecule has 7 atom stereocenters. The predicted octanol–water partition coefficient (Wildman–Crippen LogP) is -0.0525. The van der Waals surface area contributed by atoms with Gasteiger partial charge < -0.3 is 28.7 Å². The smallest absolute Gasteiger partial charge is 0.380 e. The Labute approximate surface area is 208 Å². The zero-order valence-electron chi connectivity index (χ0n) is 17.2. The Kier molecular flexibility index (Phi) is 9.18. The van der Waals surface area contributed by atoms with Crippen molar-refractivity contribution in [3.05, 3.63) is 32.6 Å². The maximum atomic E-state index is 12.6. The molecule has 0 amide bonds. The Morgan fingerprint density at radius 2 is 1.91 bits per heavy atom. The van der Waals surface area contributed by atoms with E-state index in [0.717, 1.165) is 0 Å². The van der Waals surface area contributed by atoms with Gasteiger partial charge in [0.05, 0.1) is 18.8 Å². The van der Waals surface area contributed by atoms with Crippen molar-refractivity contribution in [2.75, 3.05) is 11.0 Å². The molecule has 33 heavy (non-hydrogen) atoms. The Bertz CT molecular complexity index is 1070. The van der Waals surface area contributed by atoms with Gasteiger partial charge in [0.2, 0.25) is 0 Å². The number of hydrogen-bond acceptors (Lipinski definition) is 9. The number of halogens is 1. The van der Waals surface area contributed by atoms with Crippen molar-refractivity contribution in [1.82, 2.24) is 9.55 Å². The van der Waals surface area contributed by atoms with E-state index in [1.165, 1.54) is 17.7 Å². The molecule has 0 bridgehead atoms. The number of hydrogen-bond donors (Lipinski definition) is 4. The molecule has 1 aromatic rings. The minimum absolute atomic E-state index is 0.0431. The molecule has 3 rings (SSSR count). The van der Waals surface area contributed by atoms with E-state index in [1.54, 1.807) is 0 Å². The van der Waals surface area contributed by atoms with Crippen LogP contribution in [0.3, 0.4) is 0 Å². The van der Waals surface area contributed by atoms with Crippen LogP contribution in [0.2, 0.25) is 0 Å². The van der Waals surface area contributed by atoms with Gasteiger partial charge in [0, 0.05) is 28.6 Å². The van der Waals surface area contributed by atoms with Gasteiger partial charge in [-0.2, -0.15) is 0 Å². The van der Waals surface area contributed by atoms with E-state index in [2.05, 4.69) is 16.8 Å². The van der Waals surface area contributed by atoms with Gasteiger partial charge in [-0.05, 0) is 25.2 Å². The lowest BCUT2D eigenvalue weighted by molar-refractivity contribution is -0.0192. The lowest BCUT2D eigenvalue weighted by Gasteiger charge is -2.23. The molecule has 1 aromatic heterocycles. The lowest BCUT2D eigenvalue weighted by Crippen LogP contribution is -2.33. The second-order valence-electron chi connectivity index (χ2n) is 7.49. The van der Waals surface area contributed by atoms with Crippen LogP contribution in [-0.4, -0.2) is 73.5 Å². The minimum Gasteiger partial charge on any atom is -0.380 e. The van der Waals surface area contributed by atoms with Crippen molar-refractivity contribution in [3.8, 4) is 0 Å². The topological polar surface area (TPSA) is 179 Å². The molecule has 3 heterocycles. The molecule has 2 aliphatic rings.